The Balaban J connectivity index is 2.19. The SMILES string of the molecule is O=C(NCC(O)CO)C1CCCOC1. The normalized spacial score (nSPS) is 24.3. The highest BCUT2D eigenvalue weighted by Gasteiger charge is 2.21. The van der Waals surface area contributed by atoms with Gasteiger partial charge in [0.1, 0.15) is 0 Å². The molecule has 0 radical (unpaired) electrons. The number of aliphatic hydroxyl groups excluding tert-OH is 2. The van der Waals surface area contributed by atoms with Crippen LogP contribution in [0.15, 0.2) is 0 Å². The lowest BCUT2D eigenvalue weighted by Gasteiger charge is -2.21. The van der Waals surface area contributed by atoms with Crippen molar-refractivity contribution in [2.75, 3.05) is 26.4 Å². The third kappa shape index (κ3) is 3.61. The van der Waals surface area contributed by atoms with Gasteiger partial charge in [-0.3, -0.25) is 4.79 Å². The lowest BCUT2D eigenvalue weighted by atomic mass is 10.0. The van der Waals surface area contributed by atoms with E-state index in [-0.39, 0.29) is 25.0 Å². The van der Waals surface area contributed by atoms with E-state index in [1.54, 1.807) is 0 Å². The summed E-state index contributed by atoms with van der Waals surface area (Å²) in [6.07, 6.45) is 0.866. The van der Waals surface area contributed by atoms with Gasteiger partial charge in [-0.1, -0.05) is 0 Å². The molecule has 5 nitrogen and oxygen atoms in total. The molecule has 14 heavy (non-hydrogen) atoms. The standard InChI is InChI=1S/C9H17NO4/c11-5-8(12)4-10-9(13)7-2-1-3-14-6-7/h7-8,11-12H,1-6H2,(H,10,13). The molecule has 1 aliphatic heterocycles. The number of ether oxygens (including phenoxy) is 1. The Kier molecular flexibility index (Phi) is 4.86. The highest BCUT2D eigenvalue weighted by Crippen LogP contribution is 2.13. The lowest BCUT2D eigenvalue weighted by Crippen LogP contribution is -2.40. The zero-order valence-corrected chi connectivity index (χ0v) is 8.11. The summed E-state index contributed by atoms with van der Waals surface area (Å²) in [7, 11) is 0. The Bertz CT molecular complexity index is 180. The van der Waals surface area contributed by atoms with Crippen LogP contribution in [0, 0.1) is 5.92 Å². The van der Waals surface area contributed by atoms with Gasteiger partial charge >= 0.3 is 0 Å². The van der Waals surface area contributed by atoms with Crippen molar-refractivity contribution in [2.24, 2.45) is 5.92 Å². The topological polar surface area (TPSA) is 78.8 Å². The van der Waals surface area contributed by atoms with Crippen LogP contribution >= 0.6 is 0 Å². The Morgan fingerprint density at radius 3 is 3.00 bits per heavy atom. The fourth-order valence-electron chi connectivity index (χ4n) is 1.37. The monoisotopic (exact) mass is 203 g/mol. The number of rotatable bonds is 4. The molecule has 0 aromatic carbocycles. The molecule has 0 aromatic rings. The Hall–Kier alpha value is -0.650. The largest absolute Gasteiger partial charge is 0.394 e. The molecule has 2 atom stereocenters. The minimum absolute atomic E-state index is 0.0998. The molecule has 1 amide bonds. The van der Waals surface area contributed by atoms with Crippen LogP contribution in [0.4, 0.5) is 0 Å². The number of hydrogen-bond acceptors (Lipinski definition) is 4. The lowest BCUT2D eigenvalue weighted by molar-refractivity contribution is -0.129. The molecule has 1 rings (SSSR count). The number of hydrogen-bond donors (Lipinski definition) is 3. The minimum atomic E-state index is -0.872. The average molecular weight is 203 g/mol. The maximum Gasteiger partial charge on any atom is 0.225 e. The first-order chi connectivity index (χ1) is 6.74. The smallest absolute Gasteiger partial charge is 0.225 e. The third-order valence-corrected chi connectivity index (χ3v) is 2.25. The summed E-state index contributed by atoms with van der Waals surface area (Å²) in [5.74, 6) is -0.202. The van der Waals surface area contributed by atoms with Gasteiger partial charge in [-0.2, -0.15) is 0 Å². The van der Waals surface area contributed by atoms with Gasteiger partial charge in [-0.15, -0.1) is 0 Å². The number of amides is 1. The van der Waals surface area contributed by atoms with Crippen molar-refractivity contribution < 1.29 is 19.7 Å². The summed E-state index contributed by atoms with van der Waals surface area (Å²) >= 11 is 0. The van der Waals surface area contributed by atoms with Crippen molar-refractivity contribution in [2.45, 2.75) is 18.9 Å². The molecule has 0 saturated carbocycles. The van der Waals surface area contributed by atoms with Crippen LogP contribution in [0.1, 0.15) is 12.8 Å². The first kappa shape index (κ1) is 11.4. The molecule has 1 fully saturated rings. The van der Waals surface area contributed by atoms with Crippen molar-refractivity contribution in [3.8, 4) is 0 Å². The van der Waals surface area contributed by atoms with E-state index in [4.69, 9.17) is 14.9 Å². The van der Waals surface area contributed by atoms with E-state index in [2.05, 4.69) is 5.32 Å². The molecule has 0 bridgehead atoms. The van der Waals surface area contributed by atoms with Gasteiger partial charge in [0.2, 0.25) is 5.91 Å². The van der Waals surface area contributed by atoms with E-state index in [9.17, 15) is 4.79 Å². The van der Waals surface area contributed by atoms with Crippen LogP contribution in [0.2, 0.25) is 0 Å². The highest BCUT2D eigenvalue weighted by atomic mass is 16.5. The summed E-state index contributed by atoms with van der Waals surface area (Å²) in [5, 5.41) is 20.1. The molecule has 0 aliphatic carbocycles. The summed E-state index contributed by atoms with van der Waals surface area (Å²) in [4.78, 5) is 11.4. The van der Waals surface area contributed by atoms with Crippen molar-refractivity contribution >= 4 is 5.91 Å². The summed E-state index contributed by atoms with van der Waals surface area (Å²) in [6.45, 7) is 0.956. The van der Waals surface area contributed by atoms with Gasteiger partial charge in [0.05, 0.1) is 25.2 Å². The molecule has 0 aromatic heterocycles. The first-order valence-electron chi connectivity index (χ1n) is 4.88. The zero-order chi connectivity index (χ0) is 10.4. The maximum absolute atomic E-state index is 11.4. The van der Waals surface area contributed by atoms with E-state index in [1.165, 1.54) is 0 Å². The second-order valence-corrected chi connectivity index (χ2v) is 3.50. The first-order valence-corrected chi connectivity index (χ1v) is 4.88. The van der Waals surface area contributed by atoms with Crippen molar-refractivity contribution in [1.82, 2.24) is 5.32 Å². The van der Waals surface area contributed by atoms with Crippen LogP contribution in [-0.4, -0.2) is 48.6 Å². The van der Waals surface area contributed by atoms with E-state index >= 15 is 0 Å². The van der Waals surface area contributed by atoms with Gasteiger partial charge in [0.25, 0.3) is 0 Å². The molecule has 1 saturated heterocycles. The summed E-state index contributed by atoms with van der Waals surface area (Å²) < 4.78 is 5.16. The number of nitrogens with one attached hydrogen (secondary N) is 1. The predicted octanol–water partition coefficient (Wildman–Crippen LogP) is -1.12. The third-order valence-electron chi connectivity index (χ3n) is 2.25. The van der Waals surface area contributed by atoms with E-state index in [0.717, 1.165) is 19.4 Å². The maximum atomic E-state index is 11.4. The quantitative estimate of drug-likeness (QED) is 0.541. The summed E-state index contributed by atoms with van der Waals surface area (Å²) in [6, 6.07) is 0. The molecule has 1 heterocycles. The second kappa shape index (κ2) is 5.95. The molecular formula is C9H17NO4. The molecule has 82 valence electrons. The van der Waals surface area contributed by atoms with Gasteiger partial charge in [-0.25, -0.2) is 0 Å². The van der Waals surface area contributed by atoms with Crippen LogP contribution in [-0.2, 0) is 9.53 Å². The van der Waals surface area contributed by atoms with E-state index in [0.29, 0.717) is 6.61 Å². The Morgan fingerprint density at radius 1 is 1.64 bits per heavy atom. The van der Waals surface area contributed by atoms with E-state index < -0.39 is 6.10 Å². The predicted molar refractivity (Wildman–Crippen MR) is 49.6 cm³/mol. The minimum Gasteiger partial charge on any atom is -0.394 e. The molecule has 0 spiro atoms. The molecule has 2 unspecified atom stereocenters. The molecule has 3 N–H and O–H groups in total. The molecular weight excluding hydrogens is 186 g/mol. The Morgan fingerprint density at radius 2 is 2.43 bits per heavy atom. The van der Waals surface area contributed by atoms with Gasteiger partial charge in [-0.05, 0) is 12.8 Å². The molecule has 1 aliphatic rings. The number of carbonyl (C=O) groups excluding carboxylic acids is 1. The van der Waals surface area contributed by atoms with Crippen LogP contribution in [0.5, 0.6) is 0 Å². The fraction of sp³-hybridized carbons (Fsp3) is 0.889. The van der Waals surface area contributed by atoms with E-state index in [1.807, 2.05) is 0 Å². The van der Waals surface area contributed by atoms with Crippen LogP contribution in [0.25, 0.3) is 0 Å². The van der Waals surface area contributed by atoms with Crippen LogP contribution < -0.4 is 5.32 Å². The van der Waals surface area contributed by atoms with Crippen molar-refractivity contribution in [3.05, 3.63) is 0 Å². The second-order valence-electron chi connectivity index (χ2n) is 3.50. The number of carbonyl (C=O) groups is 1. The average Bonchev–Trinajstić information content (AvgIpc) is 2.26. The van der Waals surface area contributed by atoms with Crippen molar-refractivity contribution in [1.29, 1.82) is 0 Å². The van der Waals surface area contributed by atoms with Gasteiger partial charge < -0.3 is 20.3 Å². The zero-order valence-electron chi connectivity index (χ0n) is 8.11. The van der Waals surface area contributed by atoms with Gasteiger partial charge in [0.15, 0.2) is 0 Å². The van der Waals surface area contributed by atoms with Crippen molar-refractivity contribution in [3.63, 3.8) is 0 Å². The van der Waals surface area contributed by atoms with Gasteiger partial charge in [0, 0.05) is 13.2 Å². The fourth-order valence-corrected chi connectivity index (χ4v) is 1.37. The van der Waals surface area contributed by atoms with Crippen LogP contribution in [0.3, 0.4) is 0 Å². The number of aliphatic hydroxyl groups is 2. The summed E-state index contributed by atoms with van der Waals surface area (Å²) in [5.41, 5.74) is 0. The highest BCUT2D eigenvalue weighted by molar-refractivity contribution is 5.78. The molecule has 5 heteroatoms. The Labute approximate surface area is 83.1 Å².